The minimum absolute atomic E-state index is 0.402. The fraction of sp³-hybridized carbons (Fsp3) is 0.400. The zero-order valence-corrected chi connectivity index (χ0v) is 8.32. The predicted octanol–water partition coefficient (Wildman–Crippen LogP) is 3.07. The summed E-state index contributed by atoms with van der Waals surface area (Å²) >= 11 is 1.68. The number of hydrogen-bond acceptors (Lipinski definition) is 2. The van der Waals surface area contributed by atoms with Gasteiger partial charge in [0.25, 0.3) is 0 Å². The quantitative estimate of drug-likeness (QED) is 0.725. The molecule has 0 atom stereocenters. The van der Waals surface area contributed by atoms with Crippen LogP contribution in [-0.2, 0) is 6.42 Å². The Hall–Kier alpha value is -0.630. The fourth-order valence-corrected chi connectivity index (χ4v) is 1.81. The van der Waals surface area contributed by atoms with Gasteiger partial charge >= 0.3 is 0 Å². The molecular weight excluding hydrogens is 168 g/mol. The Morgan fingerprint density at radius 3 is 2.67 bits per heavy atom. The molecule has 0 aliphatic rings. The van der Waals surface area contributed by atoms with E-state index < -0.39 is 0 Å². The van der Waals surface area contributed by atoms with Crippen LogP contribution >= 0.6 is 11.8 Å². The standard InChI is InChI=1S/C10H14OS/c1-3-8-5-6-9(11)10(7-8)12-4-2/h5-7,11H,3-4H2,1-2H3. The molecule has 1 aromatic rings. The minimum atomic E-state index is 0.402. The summed E-state index contributed by atoms with van der Waals surface area (Å²) < 4.78 is 0. The molecule has 1 N–H and O–H groups in total. The molecule has 66 valence electrons. The molecule has 0 fully saturated rings. The lowest BCUT2D eigenvalue weighted by molar-refractivity contribution is 0.462. The van der Waals surface area contributed by atoms with Crippen LogP contribution in [0.3, 0.4) is 0 Å². The van der Waals surface area contributed by atoms with Gasteiger partial charge in [0.1, 0.15) is 5.75 Å². The maximum Gasteiger partial charge on any atom is 0.129 e. The van der Waals surface area contributed by atoms with E-state index in [9.17, 15) is 5.11 Å². The Morgan fingerprint density at radius 1 is 1.33 bits per heavy atom. The van der Waals surface area contributed by atoms with Gasteiger partial charge < -0.3 is 5.11 Å². The van der Waals surface area contributed by atoms with E-state index in [1.165, 1.54) is 5.56 Å². The lowest BCUT2D eigenvalue weighted by Crippen LogP contribution is -1.81. The third kappa shape index (κ3) is 2.18. The molecule has 1 aromatic carbocycles. The van der Waals surface area contributed by atoms with Crippen molar-refractivity contribution < 1.29 is 5.11 Å². The Kier molecular flexibility index (Phi) is 3.48. The topological polar surface area (TPSA) is 20.2 Å². The largest absolute Gasteiger partial charge is 0.507 e. The number of phenols is 1. The Morgan fingerprint density at radius 2 is 2.08 bits per heavy atom. The van der Waals surface area contributed by atoms with Gasteiger partial charge in [-0.05, 0) is 29.9 Å². The molecule has 0 aromatic heterocycles. The predicted molar refractivity (Wildman–Crippen MR) is 53.9 cm³/mol. The van der Waals surface area contributed by atoms with Crippen molar-refractivity contribution in [1.82, 2.24) is 0 Å². The highest BCUT2D eigenvalue weighted by atomic mass is 32.2. The van der Waals surface area contributed by atoms with Crippen molar-refractivity contribution in [3.63, 3.8) is 0 Å². The first-order valence-corrected chi connectivity index (χ1v) is 5.21. The first-order valence-electron chi connectivity index (χ1n) is 4.22. The second-order valence-corrected chi connectivity index (χ2v) is 3.89. The van der Waals surface area contributed by atoms with E-state index in [2.05, 4.69) is 19.9 Å². The van der Waals surface area contributed by atoms with Gasteiger partial charge in [-0.15, -0.1) is 11.8 Å². The van der Waals surface area contributed by atoms with Crippen LogP contribution in [-0.4, -0.2) is 10.9 Å². The van der Waals surface area contributed by atoms with Crippen molar-refractivity contribution in [3.05, 3.63) is 23.8 Å². The van der Waals surface area contributed by atoms with Crippen LogP contribution < -0.4 is 0 Å². The zero-order valence-electron chi connectivity index (χ0n) is 7.50. The molecule has 0 bridgehead atoms. The Bertz CT molecular complexity index is 258. The number of phenolic OH excluding ortho intramolecular Hbond substituents is 1. The number of aryl methyl sites for hydroxylation is 1. The average molecular weight is 182 g/mol. The number of benzene rings is 1. The van der Waals surface area contributed by atoms with Crippen LogP contribution in [0.25, 0.3) is 0 Å². The van der Waals surface area contributed by atoms with Gasteiger partial charge in [0, 0.05) is 4.90 Å². The van der Waals surface area contributed by atoms with Crippen LogP contribution in [0.15, 0.2) is 23.1 Å². The first-order chi connectivity index (χ1) is 5.77. The molecule has 0 amide bonds. The smallest absolute Gasteiger partial charge is 0.129 e. The van der Waals surface area contributed by atoms with Crippen molar-refractivity contribution >= 4 is 11.8 Å². The van der Waals surface area contributed by atoms with Crippen molar-refractivity contribution in [1.29, 1.82) is 0 Å². The second kappa shape index (κ2) is 4.41. The third-order valence-corrected chi connectivity index (χ3v) is 2.66. The highest BCUT2D eigenvalue weighted by molar-refractivity contribution is 7.99. The summed E-state index contributed by atoms with van der Waals surface area (Å²) in [5.74, 6) is 1.40. The number of aromatic hydroxyl groups is 1. The molecule has 0 unspecified atom stereocenters. The fourth-order valence-electron chi connectivity index (χ4n) is 1.05. The van der Waals surface area contributed by atoms with Gasteiger partial charge in [0.05, 0.1) is 0 Å². The maximum atomic E-state index is 9.44. The van der Waals surface area contributed by atoms with Gasteiger partial charge in [-0.2, -0.15) is 0 Å². The Balaban J connectivity index is 2.91. The van der Waals surface area contributed by atoms with E-state index in [0.717, 1.165) is 17.1 Å². The third-order valence-electron chi connectivity index (χ3n) is 1.73. The highest BCUT2D eigenvalue weighted by Crippen LogP contribution is 2.28. The first kappa shape index (κ1) is 9.46. The number of rotatable bonds is 3. The van der Waals surface area contributed by atoms with E-state index in [1.54, 1.807) is 17.8 Å². The van der Waals surface area contributed by atoms with Crippen LogP contribution in [0, 0.1) is 0 Å². The molecule has 0 saturated carbocycles. The van der Waals surface area contributed by atoms with Crippen LogP contribution in [0.2, 0.25) is 0 Å². The molecule has 0 spiro atoms. The normalized spacial score (nSPS) is 10.2. The van der Waals surface area contributed by atoms with E-state index in [4.69, 9.17) is 0 Å². The lowest BCUT2D eigenvalue weighted by Gasteiger charge is -2.04. The molecule has 0 aliphatic carbocycles. The van der Waals surface area contributed by atoms with Gasteiger partial charge in [-0.3, -0.25) is 0 Å². The van der Waals surface area contributed by atoms with E-state index >= 15 is 0 Å². The summed E-state index contributed by atoms with van der Waals surface area (Å²) in [5, 5.41) is 9.44. The average Bonchev–Trinajstić information content (AvgIpc) is 2.09. The van der Waals surface area contributed by atoms with Crippen molar-refractivity contribution in [3.8, 4) is 5.75 Å². The van der Waals surface area contributed by atoms with Gasteiger partial charge in [-0.1, -0.05) is 19.9 Å². The summed E-state index contributed by atoms with van der Waals surface area (Å²) in [6, 6.07) is 5.80. The monoisotopic (exact) mass is 182 g/mol. The number of hydrogen-bond donors (Lipinski definition) is 1. The van der Waals surface area contributed by atoms with Crippen molar-refractivity contribution in [2.45, 2.75) is 25.2 Å². The van der Waals surface area contributed by atoms with Gasteiger partial charge in [0.15, 0.2) is 0 Å². The number of thioether (sulfide) groups is 1. The van der Waals surface area contributed by atoms with Crippen LogP contribution in [0.5, 0.6) is 5.75 Å². The van der Waals surface area contributed by atoms with Gasteiger partial charge in [-0.25, -0.2) is 0 Å². The van der Waals surface area contributed by atoms with Crippen molar-refractivity contribution in [2.75, 3.05) is 5.75 Å². The summed E-state index contributed by atoms with van der Waals surface area (Å²) in [6.45, 7) is 4.20. The van der Waals surface area contributed by atoms with Crippen LogP contribution in [0.1, 0.15) is 19.4 Å². The minimum Gasteiger partial charge on any atom is -0.507 e. The molecular formula is C10H14OS. The summed E-state index contributed by atoms with van der Waals surface area (Å²) in [5.41, 5.74) is 1.28. The second-order valence-electron chi connectivity index (χ2n) is 2.59. The summed E-state index contributed by atoms with van der Waals surface area (Å²) in [4.78, 5) is 0.997. The SMILES string of the molecule is CCSc1cc(CC)ccc1O. The molecule has 2 heteroatoms. The molecule has 0 radical (unpaired) electrons. The summed E-state index contributed by atoms with van der Waals surface area (Å²) in [7, 11) is 0. The molecule has 0 saturated heterocycles. The molecule has 12 heavy (non-hydrogen) atoms. The highest BCUT2D eigenvalue weighted by Gasteiger charge is 2.00. The zero-order chi connectivity index (χ0) is 8.97. The van der Waals surface area contributed by atoms with Crippen LogP contribution in [0.4, 0.5) is 0 Å². The van der Waals surface area contributed by atoms with E-state index in [1.807, 2.05) is 6.07 Å². The van der Waals surface area contributed by atoms with E-state index in [0.29, 0.717) is 5.75 Å². The molecule has 1 nitrogen and oxygen atoms in total. The maximum absolute atomic E-state index is 9.44. The summed E-state index contributed by atoms with van der Waals surface area (Å²) in [6.07, 6.45) is 1.03. The van der Waals surface area contributed by atoms with Crippen molar-refractivity contribution in [2.24, 2.45) is 0 Å². The Labute approximate surface area is 77.8 Å². The van der Waals surface area contributed by atoms with Gasteiger partial charge in [0.2, 0.25) is 0 Å². The molecule has 0 aliphatic heterocycles. The molecule has 1 rings (SSSR count). The molecule has 0 heterocycles. The lowest BCUT2D eigenvalue weighted by atomic mass is 10.2. The van der Waals surface area contributed by atoms with E-state index in [-0.39, 0.29) is 0 Å².